The van der Waals surface area contributed by atoms with Crippen molar-refractivity contribution in [2.45, 2.75) is 32.5 Å². The molecule has 0 spiro atoms. The quantitative estimate of drug-likeness (QED) is 0.568. The fraction of sp³-hybridized carbons (Fsp3) is 0.625. The average Bonchev–Trinajstić information content (AvgIpc) is 1.85. The first-order valence-electron chi connectivity index (χ1n) is 3.66. The second kappa shape index (κ2) is 3.37. The molecule has 0 aromatic heterocycles. The summed E-state index contributed by atoms with van der Waals surface area (Å²) in [6, 6.07) is 0. The van der Waals surface area contributed by atoms with Gasteiger partial charge < -0.3 is 4.74 Å². The highest BCUT2D eigenvalue weighted by Crippen LogP contribution is 2.20. The highest BCUT2D eigenvalue weighted by molar-refractivity contribution is 6.67. The van der Waals surface area contributed by atoms with Gasteiger partial charge in [-0.25, -0.2) is 0 Å². The summed E-state index contributed by atoms with van der Waals surface area (Å²) in [5, 5.41) is -0.399. The van der Waals surface area contributed by atoms with Crippen molar-refractivity contribution in [2.75, 3.05) is 0 Å². The zero-order valence-electron chi connectivity index (χ0n) is 6.63. The van der Waals surface area contributed by atoms with Gasteiger partial charge in [-0.05, 0) is 31.9 Å². The van der Waals surface area contributed by atoms with E-state index in [4.69, 9.17) is 16.3 Å². The first-order chi connectivity index (χ1) is 5.11. The minimum atomic E-state index is -0.399. The number of rotatable bonds is 1. The number of carbonyl (C=O) groups excluding carboxylic acids is 1. The summed E-state index contributed by atoms with van der Waals surface area (Å²) < 4.78 is 5.39. The lowest BCUT2D eigenvalue weighted by atomic mass is 10.1. The molecular formula is C8H11ClO2. The zero-order valence-corrected chi connectivity index (χ0v) is 7.39. The molecule has 62 valence electrons. The van der Waals surface area contributed by atoms with Crippen molar-refractivity contribution in [2.24, 2.45) is 0 Å². The second-order valence-corrected chi connectivity index (χ2v) is 3.10. The van der Waals surface area contributed by atoms with Crippen LogP contribution >= 0.6 is 11.6 Å². The summed E-state index contributed by atoms with van der Waals surface area (Å²) >= 11 is 5.31. The molecule has 0 amide bonds. The third kappa shape index (κ3) is 2.04. The van der Waals surface area contributed by atoms with Crippen LogP contribution in [0.5, 0.6) is 0 Å². The van der Waals surface area contributed by atoms with Crippen molar-refractivity contribution in [1.29, 1.82) is 0 Å². The molecule has 1 rings (SSSR count). The molecule has 11 heavy (non-hydrogen) atoms. The Hall–Kier alpha value is -0.340. The SMILES string of the molecule is CC1CC=C(C(=O)Cl)C(C)O1. The maximum absolute atomic E-state index is 10.7. The molecule has 0 fully saturated rings. The van der Waals surface area contributed by atoms with Crippen molar-refractivity contribution in [3.8, 4) is 0 Å². The minimum absolute atomic E-state index is 0.149. The fourth-order valence-corrected chi connectivity index (χ4v) is 1.41. The van der Waals surface area contributed by atoms with Crippen LogP contribution in [0.1, 0.15) is 20.3 Å². The predicted molar refractivity (Wildman–Crippen MR) is 43.6 cm³/mol. The Labute approximate surface area is 71.2 Å². The molecule has 1 aliphatic heterocycles. The van der Waals surface area contributed by atoms with E-state index in [0.717, 1.165) is 6.42 Å². The number of carbonyl (C=O) groups is 1. The van der Waals surface area contributed by atoms with Gasteiger partial charge in [0, 0.05) is 5.57 Å². The first kappa shape index (κ1) is 8.75. The van der Waals surface area contributed by atoms with E-state index in [0.29, 0.717) is 5.57 Å². The minimum Gasteiger partial charge on any atom is -0.370 e. The van der Waals surface area contributed by atoms with E-state index in [1.807, 2.05) is 19.9 Å². The van der Waals surface area contributed by atoms with E-state index in [1.54, 1.807) is 0 Å². The monoisotopic (exact) mass is 174 g/mol. The molecule has 0 aromatic carbocycles. The van der Waals surface area contributed by atoms with E-state index in [-0.39, 0.29) is 12.2 Å². The van der Waals surface area contributed by atoms with Gasteiger partial charge in [0.1, 0.15) is 0 Å². The van der Waals surface area contributed by atoms with Crippen molar-refractivity contribution < 1.29 is 9.53 Å². The largest absolute Gasteiger partial charge is 0.370 e. The number of ether oxygens (including phenoxy) is 1. The molecule has 0 aliphatic carbocycles. The lowest BCUT2D eigenvalue weighted by molar-refractivity contribution is -0.110. The molecule has 0 bridgehead atoms. The van der Waals surface area contributed by atoms with Crippen LogP contribution in [0, 0.1) is 0 Å². The van der Waals surface area contributed by atoms with E-state index in [9.17, 15) is 4.79 Å². The van der Waals surface area contributed by atoms with Crippen LogP contribution in [-0.2, 0) is 9.53 Å². The number of hydrogen-bond acceptors (Lipinski definition) is 2. The first-order valence-corrected chi connectivity index (χ1v) is 4.04. The highest BCUT2D eigenvalue weighted by atomic mass is 35.5. The average molecular weight is 175 g/mol. The van der Waals surface area contributed by atoms with E-state index >= 15 is 0 Å². The molecular weight excluding hydrogens is 164 g/mol. The van der Waals surface area contributed by atoms with Gasteiger partial charge in [0.05, 0.1) is 12.2 Å². The van der Waals surface area contributed by atoms with Gasteiger partial charge in [-0.3, -0.25) is 4.79 Å². The molecule has 0 aromatic rings. The third-order valence-electron chi connectivity index (χ3n) is 1.77. The topological polar surface area (TPSA) is 26.3 Å². The van der Waals surface area contributed by atoms with Crippen LogP contribution in [0.15, 0.2) is 11.6 Å². The zero-order chi connectivity index (χ0) is 8.43. The fourth-order valence-electron chi connectivity index (χ4n) is 1.18. The van der Waals surface area contributed by atoms with E-state index in [1.165, 1.54) is 0 Å². The van der Waals surface area contributed by atoms with E-state index < -0.39 is 5.24 Å². The Bertz CT molecular complexity index is 198. The summed E-state index contributed by atoms with van der Waals surface area (Å²) in [7, 11) is 0. The number of hydrogen-bond donors (Lipinski definition) is 0. The maximum Gasteiger partial charge on any atom is 0.250 e. The molecule has 0 radical (unpaired) electrons. The lowest BCUT2D eigenvalue weighted by Crippen LogP contribution is -2.25. The summed E-state index contributed by atoms with van der Waals surface area (Å²) in [4.78, 5) is 10.7. The maximum atomic E-state index is 10.7. The van der Waals surface area contributed by atoms with E-state index in [2.05, 4.69) is 0 Å². The lowest BCUT2D eigenvalue weighted by Gasteiger charge is -2.23. The summed E-state index contributed by atoms with van der Waals surface area (Å²) in [6.07, 6.45) is 2.68. The van der Waals surface area contributed by atoms with Crippen LogP contribution in [-0.4, -0.2) is 17.5 Å². The van der Waals surface area contributed by atoms with Crippen LogP contribution in [0.25, 0.3) is 0 Å². The van der Waals surface area contributed by atoms with Gasteiger partial charge in [-0.2, -0.15) is 0 Å². The molecule has 3 heteroatoms. The highest BCUT2D eigenvalue weighted by Gasteiger charge is 2.21. The Morgan fingerprint density at radius 1 is 1.73 bits per heavy atom. The van der Waals surface area contributed by atoms with Crippen molar-refractivity contribution >= 4 is 16.8 Å². The van der Waals surface area contributed by atoms with Crippen molar-refractivity contribution in [1.82, 2.24) is 0 Å². The van der Waals surface area contributed by atoms with Crippen LogP contribution in [0.2, 0.25) is 0 Å². The Kier molecular flexibility index (Phi) is 2.68. The van der Waals surface area contributed by atoms with Gasteiger partial charge in [0.2, 0.25) is 0 Å². The van der Waals surface area contributed by atoms with Gasteiger partial charge in [0.25, 0.3) is 5.24 Å². The van der Waals surface area contributed by atoms with Crippen LogP contribution in [0.3, 0.4) is 0 Å². The Morgan fingerprint density at radius 2 is 2.36 bits per heavy atom. The molecule has 2 atom stereocenters. The summed E-state index contributed by atoms with van der Waals surface area (Å²) in [5.41, 5.74) is 0.588. The molecule has 2 nitrogen and oxygen atoms in total. The third-order valence-corrected chi connectivity index (χ3v) is 1.99. The molecule has 1 aliphatic rings. The van der Waals surface area contributed by atoms with Gasteiger partial charge in [-0.15, -0.1) is 0 Å². The standard InChI is InChI=1S/C8H11ClO2/c1-5-3-4-7(8(9)10)6(2)11-5/h4-6H,3H2,1-2H3. The summed E-state index contributed by atoms with van der Waals surface area (Å²) in [6.45, 7) is 3.81. The van der Waals surface area contributed by atoms with Gasteiger partial charge in [0.15, 0.2) is 0 Å². The van der Waals surface area contributed by atoms with Crippen molar-refractivity contribution in [3.63, 3.8) is 0 Å². The normalized spacial score (nSPS) is 31.4. The summed E-state index contributed by atoms with van der Waals surface area (Å²) in [5.74, 6) is 0. The Morgan fingerprint density at radius 3 is 2.82 bits per heavy atom. The second-order valence-electron chi connectivity index (χ2n) is 2.76. The van der Waals surface area contributed by atoms with Crippen LogP contribution in [0.4, 0.5) is 0 Å². The molecule has 0 saturated heterocycles. The molecule has 1 heterocycles. The molecule has 0 N–H and O–H groups in total. The van der Waals surface area contributed by atoms with Crippen LogP contribution < -0.4 is 0 Å². The predicted octanol–water partition coefficient (Wildman–Crippen LogP) is 1.88. The van der Waals surface area contributed by atoms with Gasteiger partial charge >= 0.3 is 0 Å². The van der Waals surface area contributed by atoms with Gasteiger partial charge in [-0.1, -0.05) is 6.08 Å². The molecule has 2 unspecified atom stereocenters. The van der Waals surface area contributed by atoms with Crippen molar-refractivity contribution in [3.05, 3.63) is 11.6 Å². The smallest absolute Gasteiger partial charge is 0.250 e. The molecule has 0 saturated carbocycles. The number of halogens is 1. The Balaban J connectivity index is 2.72.